The van der Waals surface area contributed by atoms with Crippen LogP contribution >= 0.6 is 0 Å². The van der Waals surface area contributed by atoms with Crippen molar-refractivity contribution in [2.45, 2.75) is 6.18 Å². The van der Waals surface area contributed by atoms with Crippen LogP contribution in [0.15, 0.2) is 23.8 Å². The number of rotatable bonds is 0. The molecule has 4 heteroatoms. The third-order valence-electron chi connectivity index (χ3n) is 1.19. The van der Waals surface area contributed by atoms with Crippen molar-refractivity contribution in [3.05, 3.63) is 35.6 Å². The topological polar surface area (TPSA) is 22.3 Å². The van der Waals surface area contributed by atoms with Gasteiger partial charge in [-0.3, -0.25) is 0 Å². The SMILES string of the molecule is [N-]=C1C=CC(C(F)(F)F)=C[CH+]1. The van der Waals surface area contributed by atoms with Gasteiger partial charge in [-0.1, -0.05) is 0 Å². The van der Waals surface area contributed by atoms with E-state index in [1.165, 1.54) is 0 Å². The van der Waals surface area contributed by atoms with E-state index in [0.29, 0.717) is 0 Å². The molecule has 0 aromatic carbocycles. The molecule has 1 rings (SSSR count). The monoisotopic (exact) mass is 159 g/mol. The molecule has 0 bridgehead atoms. The van der Waals surface area contributed by atoms with Crippen molar-refractivity contribution >= 4 is 5.71 Å². The molecule has 0 atom stereocenters. The Morgan fingerprint density at radius 3 is 2.27 bits per heavy atom. The van der Waals surface area contributed by atoms with Crippen molar-refractivity contribution in [3.63, 3.8) is 0 Å². The lowest BCUT2D eigenvalue weighted by molar-refractivity contribution is -0.0882. The Hall–Kier alpha value is -1.19. The predicted molar refractivity (Wildman–Crippen MR) is 35.9 cm³/mol. The molecule has 0 aromatic rings. The Balaban J connectivity index is 2.79. The molecule has 0 unspecified atom stereocenters. The molecule has 0 spiro atoms. The van der Waals surface area contributed by atoms with E-state index in [1.807, 2.05) is 0 Å². The minimum atomic E-state index is -4.33. The van der Waals surface area contributed by atoms with E-state index in [1.54, 1.807) is 0 Å². The highest BCUT2D eigenvalue weighted by Gasteiger charge is 2.37. The average molecular weight is 159 g/mol. The molecule has 1 nitrogen and oxygen atoms in total. The van der Waals surface area contributed by atoms with E-state index in [9.17, 15) is 13.2 Å². The number of nitrogens with zero attached hydrogens (tertiary/aromatic N) is 1. The van der Waals surface area contributed by atoms with E-state index in [4.69, 9.17) is 5.41 Å². The van der Waals surface area contributed by atoms with E-state index >= 15 is 0 Å². The smallest absolute Gasteiger partial charge is 0.467 e. The Kier molecular flexibility index (Phi) is 1.76. The fraction of sp³-hybridized carbons (Fsp3) is 0.143. The molecule has 0 radical (unpaired) electrons. The largest absolute Gasteiger partial charge is 0.779 e. The maximum absolute atomic E-state index is 11.8. The Morgan fingerprint density at radius 1 is 1.27 bits per heavy atom. The third kappa shape index (κ3) is 1.86. The summed E-state index contributed by atoms with van der Waals surface area (Å²) in [5.41, 5.74) is -0.923. The fourth-order valence-corrected chi connectivity index (χ4v) is 0.650. The molecule has 1 aliphatic rings. The molecule has 0 saturated heterocycles. The first-order valence-electron chi connectivity index (χ1n) is 2.86. The first kappa shape index (κ1) is 7.91. The van der Waals surface area contributed by atoms with Crippen LogP contribution in [0.5, 0.6) is 0 Å². The van der Waals surface area contributed by atoms with E-state index in [2.05, 4.69) is 0 Å². The predicted octanol–water partition coefficient (Wildman–Crippen LogP) is 2.26. The lowest BCUT2D eigenvalue weighted by atomic mass is 10.1. The summed E-state index contributed by atoms with van der Waals surface area (Å²) in [6.07, 6.45) is -0.663. The van der Waals surface area contributed by atoms with Gasteiger partial charge in [0.15, 0.2) is 5.57 Å². The van der Waals surface area contributed by atoms with Gasteiger partial charge < -0.3 is 5.41 Å². The van der Waals surface area contributed by atoms with Gasteiger partial charge in [0, 0.05) is 12.5 Å². The van der Waals surface area contributed by atoms with Crippen LogP contribution in [0, 0.1) is 6.42 Å². The maximum Gasteiger partial charge on any atom is 0.467 e. The highest BCUT2D eigenvalue weighted by atomic mass is 19.4. The van der Waals surface area contributed by atoms with Gasteiger partial charge in [0.05, 0.1) is 12.2 Å². The zero-order valence-corrected chi connectivity index (χ0v) is 5.39. The molecular formula is C7H4F3N. The molecule has 11 heavy (non-hydrogen) atoms. The van der Waals surface area contributed by atoms with Gasteiger partial charge in [-0.2, -0.15) is 13.2 Å². The van der Waals surface area contributed by atoms with Gasteiger partial charge in [-0.15, -0.1) is 0 Å². The minimum absolute atomic E-state index is 0.169. The van der Waals surface area contributed by atoms with Crippen LogP contribution in [0.25, 0.3) is 5.41 Å². The number of alkyl halides is 3. The van der Waals surface area contributed by atoms with Crippen LogP contribution in [0.1, 0.15) is 0 Å². The lowest BCUT2D eigenvalue weighted by Crippen LogP contribution is -2.13. The highest BCUT2D eigenvalue weighted by molar-refractivity contribution is 6.07. The second-order valence-corrected chi connectivity index (χ2v) is 2.04. The van der Waals surface area contributed by atoms with Crippen LogP contribution in [0.4, 0.5) is 13.2 Å². The summed E-state index contributed by atoms with van der Waals surface area (Å²) in [6.45, 7) is 0. The Bertz CT molecular complexity index is 235. The fourth-order valence-electron chi connectivity index (χ4n) is 0.650. The van der Waals surface area contributed by atoms with Gasteiger partial charge in [0.25, 0.3) is 0 Å². The number of allylic oxidation sites excluding steroid dienone is 4. The summed E-state index contributed by atoms with van der Waals surface area (Å²) in [5, 5.41) is 8.66. The molecule has 0 aliphatic heterocycles. The minimum Gasteiger partial charge on any atom is -0.779 e. The molecule has 0 saturated carbocycles. The molecule has 58 valence electrons. The number of hydrogen-bond donors (Lipinski definition) is 0. The van der Waals surface area contributed by atoms with Crippen LogP contribution in [0.2, 0.25) is 0 Å². The maximum atomic E-state index is 11.8. The van der Waals surface area contributed by atoms with E-state index < -0.39 is 11.7 Å². The molecule has 0 fully saturated rings. The van der Waals surface area contributed by atoms with Gasteiger partial charge in [-0.05, 0) is 5.71 Å². The summed E-state index contributed by atoms with van der Waals surface area (Å²) in [4.78, 5) is 0. The standard InChI is InChI=1S/C7H4F3N/c8-7(9,10)5-1-3-6(11)4-2-5/h1-4H. The van der Waals surface area contributed by atoms with E-state index in [-0.39, 0.29) is 5.71 Å². The second kappa shape index (κ2) is 2.45. The van der Waals surface area contributed by atoms with Crippen LogP contribution in [-0.2, 0) is 0 Å². The van der Waals surface area contributed by atoms with Gasteiger partial charge in [0.2, 0.25) is 0 Å². The van der Waals surface area contributed by atoms with Gasteiger partial charge in [0.1, 0.15) is 0 Å². The normalized spacial score (nSPS) is 17.7. The molecule has 0 N–H and O–H groups in total. The summed E-state index contributed by atoms with van der Waals surface area (Å²) in [5.74, 6) is 0. The first-order chi connectivity index (χ1) is 5.00. The van der Waals surface area contributed by atoms with Crippen molar-refractivity contribution in [1.82, 2.24) is 0 Å². The summed E-state index contributed by atoms with van der Waals surface area (Å²) in [6, 6.07) is 0. The molecule has 0 aromatic heterocycles. The summed E-state index contributed by atoms with van der Waals surface area (Å²) in [7, 11) is 0. The van der Waals surface area contributed by atoms with Crippen molar-refractivity contribution < 1.29 is 13.2 Å². The van der Waals surface area contributed by atoms with Crippen molar-refractivity contribution in [1.29, 1.82) is 0 Å². The van der Waals surface area contributed by atoms with Gasteiger partial charge >= 0.3 is 6.18 Å². The van der Waals surface area contributed by atoms with Crippen LogP contribution in [0.3, 0.4) is 0 Å². The quantitative estimate of drug-likeness (QED) is 0.484. The zero-order valence-electron chi connectivity index (χ0n) is 5.39. The second-order valence-electron chi connectivity index (χ2n) is 2.04. The number of hydrogen-bond acceptors (Lipinski definition) is 0. The van der Waals surface area contributed by atoms with Crippen molar-refractivity contribution in [2.75, 3.05) is 0 Å². The first-order valence-corrected chi connectivity index (χ1v) is 2.86. The molecule has 0 amide bonds. The molecule has 1 aliphatic carbocycles. The van der Waals surface area contributed by atoms with Crippen LogP contribution < -0.4 is 0 Å². The van der Waals surface area contributed by atoms with Crippen LogP contribution in [-0.4, -0.2) is 11.9 Å². The van der Waals surface area contributed by atoms with Crippen molar-refractivity contribution in [2.24, 2.45) is 0 Å². The summed E-state index contributed by atoms with van der Waals surface area (Å²) < 4.78 is 35.5. The average Bonchev–Trinajstić information content (AvgIpc) is 1.86. The Labute approximate surface area is 61.7 Å². The third-order valence-corrected chi connectivity index (χ3v) is 1.19. The summed E-state index contributed by atoms with van der Waals surface area (Å²) >= 11 is 0. The lowest BCUT2D eigenvalue weighted by Gasteiger charge is -2.06. The van der Waals surface area contributed by atoms with Crippen molar-refractivity contribution in [3.8, 4) is 0 Å². The Morgan fingerprint density at radius 2 is 1.91 bits per heavy atom. The van der Waals surface area contributed by atoms with E-state index in [0.717, 1.165) is 24.6 Å². The highest BCUT2D eigenvalue weighted by Crippen LogP contribution is 2.28. The molecular weight excluding hydrogens is 155 g/mol. The zero-order chi connectivity index (χ0) is 8.48. The van der Waals surface area contributed by atoms with Gasteiger partial charge in [-0.25, -0.2) is 0 Å². The molecule has 0 heterocycles. The number of halogens is 3.